The zero-order valence-electron chi connectivity index (χ0n) is 11.5. The van der Waals surface area contributed by atoms with Gasteiger partial charge in [0.05, 0.1) is 18.8 Å². The Balaban J connectivity index is 2.03. The number of ether oxygens (including phenoxy) is 1. The third-order valence-corrected chi connectivity index (χ3v) is 2.74. The first-order chi connectivity index (χ1) is 9.60. The molecule has 0 aliphatic carbocycles. The minimum absolute atomic E-state index is 0.102. The van der Waals surface area contributed by atoms with E-state index in [-0.39, 0.29) is 17.9 Å². The van der Waals surface area contributed by atoms with Gasteiger partial charge < -0.3 is 15.2 Å². The number of anilines is 1. The first-order valence-electron chi connectivity index (χ1n) is 6.32. The molecule has 20 heavy (non-hydrogen) atoms. The number of nitrogens with one attached hydrogen (secondary N) is 1. The minimum atomic E-state index is -0.527. The molecule has 6 nitrogen and oxygen atoms in total. The first-order valence-corrected chi connectivity index (χ1v) is 6.32. The van der Waals surface area contributed by atoms with Crippen LogP contribution in [-0.2, 0) is 18.3 Å². The molecule has 0 radical (unpaired) electrons. The number of aromatic hydroxyl groups is 1. The summed E-state index contributed by atoms with van der Waals surface area (Å²) < 4.78 is 6.57. The maximum absolute atomic E-state index is 11.5. The lowest BCUT2D eigenvalue weighted by molar-refractivity contribution is 0.0523. The van der Waals surface area contributed by atoms with Gasteiger partial charge in [-0.15, -0.1) is 0 Å². The van der Waals surface area contributed by atoms with Gasteiger partial charge in [0, 0.05) is 25.0 Å². The van der Waals surface area contributed by atoms with Crippen LogP contribution < -0.4 is 5.32 Å². The summed E-state index contributed by atoms with van der Waals surface area (Å²) in [5, 5.41) is 17.2. The monoisotopic (exact) mass is 275 g/mol. The lowest BCUT2D eigenvalue weighted by Gasteiger charge is -2.08. The van der Waals surface area contributed by atoms with Gasteiger partial charge in [-0.05, 0) is 25.1 Å². The Bertz CT molecular complexity index is 607. The van der Waals surface area contributed by atoms with E-state index in [2.05, 4.69) is 10.4 Å². The quantitative estimate of drug-likeness (QED) is 0.815. The van der Waals surface area contributed by atoms with Crippen LogP contribution in [0.4, 0.5) is 5.69 Å². The highest BCUT2D eigenvalue weighted by Crippen LogP contribution is 2.23. The van der Waals surface area contributed by atoms with E-state index in [1.54, 1.807) is 17.7 Å². The summed E-state index contributed by atoms with van der Waals surface area (Å²) in [5.74, 6) is -0.629. The predicted octanol–water partition coefficient (Wildman–Crippen LogP) is 1.91. The van der Waals surface area contributed by atoms with Gasteiger partial charge >= 0.3 is 5.97 Å². The molecule has 1 heterocycles. The molecule has 1 aromatic heterocycles. The highest BCUT2D eigenvalue weighted by Gasteiger charge is 2.12. The molecule has 0 aliphatic heterocycles. The maximum Gasteiger partial charge on any atom is 0.341 e. The number of carbonyl (C=O) groups is 1. The van der Waals surface area contributed by atoms with Crippen molar-refractivity contribution in [3.8, 4) is 5.75 Å². The summed E-state index contributed by atoms with van der Waals surface area (Å²) >= 11 is 0. The Labute approximate surface area is 117 Å². The minimum Gasteiger partial charge on any atom is -0.507 e. The average molecular weight is 275 g/mol. The predicted molar refractivity (Wildman–Crippen MR) is 74.6 cm³/mol. The van der Waals surface area contributed by atoms with Crippen LogP contribution in [0.1, 0.15) is 23.0 Å². The van der Waals surface area contributed by atoms with Crippen LogP contribution in [0.2, 0.25) is 0 Å². The van der Waals surface area contributed by atoms with Crippen molar-refractivity contribution in [3.05, 3.63) is 41.7 Å². The highest BCUT2D eigenvalue weighted by molar-refractivity contribution is 5.93. The van der Waals surface area contributed by atoms with Crippen molar-refractivity contribution >= 4 is 11.7 Å². The zero-order chi connectivity index (χ0) is 14.5. The van der Waals surface area contributed by atoms with Gasteiger partial charge in [-0.1, -0.05) is 0 Å². The topological polar surface area (TPSA) is 76.4 Å². The Morgan fingerprint density at radius 3 is 2.85 bits per heavy atom. The molecule has 0 amide bonds. The Kier molecular flexibility index (Phi) is 4.24. The van der Waals surface area contributed by atoms with Crippen molar-refractivity contribution in [2.24, 2.45) is 7.05 Å². The fraction of sp³-hybridized carbons (Fsp3) is 0.286. The van der Waals surface area contributed by atoms with E-state index in [4.69, 9.17) is 4.74 Å². The van der Waals surface area contributed by atoms with Crippen molar-refractivity contribution in [2.45, 2.75) is 13.5 Å². The summed E-state index contributed by atoms with van der Waals surface area (Å²) in [4.78, 5) is 11.5. The molecule has 0 fully saturated rings. The van der Waals surface area contributed by atoms with E-state index in [0.29, 0.717) is 12.2 Å². The Hall–Kier alpha value is -2.50. The van der Waals surface area contributed by atoms with Gasteiger partial charge in [0.25, 0.3) is 0 Å². The van der Waals surface area contributed by atoms with Crippen LogP contribution in [0, 0.1) is 0 Å². The molecule has 2 N–H and O–H groups in total. The summed E-state index contributed by atoms with van der Waals surface area (Å²) in [6.45, 7) is 2.54. The van der Waals surface area contributed by atoms with Gasteiger partial charge in [0.1, 0.15) is 11.3 Å². The molecule has 1 aromatic carbocycles. The van der Waals surface area contributed by atoms with Crippen LogP contribution in [-0.4, -0.2) is 27.5 Å². The van der Waals surface area contributed by atoms with E-state index < -0.39 is 5.97 Å². The van der Waals surface area contributed by atoms with E-state index in [1.165, 1.54) is 12.1 Å². The molecule has 0 saturated carbocycles. The molecule has 2 rings (SSSR count). The smallest absolute Gasteiger partial charge is 0.341 e. The van der Waals surface area contributed by atoms with Crippen molar-refractivity contribution in [3.63, 3.8) is 0 Å². The number of nitrogens with zero attached hydrogens (tertiary/aromatic N) is 2. The van der Waals surface area contributed by atoms with Crippen LogP contribution in [0.25, 0.3) is 0 Å². The first kappa shape index (κ1) is 13.9. The molecule has 0 unspecified atom stereocenters. The second kappa shape index (κ2) is 6.10. The van der Waals surface area contributed by atoms with Gasteiger partial charge in [-0.25, -0.2) is 4.79 Å². The number of phenolic OH excluding ortho intramolecular Hbond substituents is 1. The Morgan fingerprint density at radius 1 is 1.45 bits per heavy atom. The number of hydrogen-bond donors (Lipinski definition) is 2. The summed E-state index contributed by atoms with van der Waals surface area (Å²) in [6.07, 6.45) is 1.86. The molecular weight excluding hydrogens is 258 g/mol. The number of carbonyl (C=O) groups excluding carboxylic acids is 1. The Morgan fingerprint density at radius 2 is 2.25 bits per heavy atom. The number of aromatic nitrogens is 2. The average Bonchev–Trinajstić information content (AvgIpc) is 2.82. The number of phenols is 1. The zero-order valence-corrected chi connectivity index (χ0v) is 11.5. The summed E-state index contributed by atoms with van der Waals surface area (Å²) in [7, 11) is 1.85. The number of benzene rings is 1. The molecule has 0 atom stereocenters. The van der Waals surface area contributed by atoms with Crippen LogP contribution in [0.15, 0.2) is 30.5 Å². The van der Waals surface area contributed by atoms with Crippen molar-refractivity contribution in [1.82, 2.24) is 9.78 Å². The lowest BCUT2D eigenvalue weighted by atomic mass is 10.2. The van der Waals surface area contributed by atoms with E-state index >= 15 is 0 Å². The van der Waals surface area contributed by atoms with Gasteiger partial charge in [0.2, 0.25) is 0 Å². The number of aryl methyl sites for hydroxylation is 1. The van der Waals surface area contributed by atoms with Gasteiger partial charge in [-0.3, -0.25) is 4.68 Å². The molecule has 0 bridgehead atoms. The molecule has 0 aliphatic rings. The molecule has 2 aromatic rings. The van der Waals surface area contributed by atoms with Crippen LogP contribution in [0.5, 0.6) is 5.75 Å². The highest BCUT2D eigenvalue weighted by atomic mass is 16.5. The normalized spacial score (nSPS) is 10.3. The fourth-order valence-corrected chi connectivity index (χ4v) is 1.77. The third-order valence-electron chi connectivity index (χ3n) is 2.74. The SMILES string of the molecule is CCOC(=O)c1ccc(NCc2ccn(C)n2)cc1O. The fourth-order valence-electron chi connectivity index (χ4n) is 1.77. The molecule has 0 saturated heterocycles. The molecule has 6 heteroatoms. The second-order valence-electron chi connectivity index (χ2n) is 4.29. The van der Waals surface area contributed by atoms with Crippen molar-refractivity contribution < 1.29 is 14.6 Å². The summed E-state index contributed by atoms with van der Waals surface area (Å²) in [6, 6.07) is 6.65. The standard InChI is InChI=1S/C14H17N3O3/c1-3-20-14(19)12-5-4-10(8-13(12)18)15-9-11-6-7-17(2)16-11/h4-8,15,18H,3,9H2,1-2H3. The second-order valence-corrected chi connectivity index (χ2v) is 4.29. The molecule has 106 valence electrons. The number of rotatable bonds is 5. The van der Waals surface area contributed by atoms with Crippen molar-refractivity contribution in [1.29, 1.82) is 0 Å². The molecular formula is C14H17N3O3. The molecule has 0 spiro atoms. The van der Waals surface area contributed by atoms with Gasteiger partial charge in [0.15, 0.2) is 0 Å². The maximum atomic E-state index is 11.5. The van der Waals surface area contributed by atoms with Crippen LogP contribution >= 0.6 is 0 Å². The van der Waals surface area contributed by atoms with Gasteiger partial charge in [-0.2, -0.15) is 5.10 Å². The number of esters is 1. The van der Waals surface area contributed by atoms with E-state index in [0.717, 1.165) is 5.69 Å². The van der Waals surface area contributed by atoms with E-state index in [9.17, 15) is 9.90 Å². The lowest BCUT2D eigenvalue weighted by Crippen LogP contribution is -2.06. The van der Waals surface area contributed by atoms with E-state index in [1.807, 2.05) is 19.3 Å². The van der Waals surface area contributed by atoms with Crippen molar-refractivity contribution in [2.75, 3.05) is 11.9 Å². The number of hydrogen-bond acceptors (Lipinski definition) is 5. The third kappa shape index (κ3) is 3.28. The van der Waals surface area contributed by atoms with Crippen LogP contribution in [0.3, 0.4) is 0 Å². The largest absolute Gasteiger partial charge is 0.507 e. The summed E-state index contributed by atoms with van der Waals surface area (Å²) in [5.41, 5.74) is 1.76.